The van der Waals surface area contributed by atoms with Gasteiger partial charge in [-0.15, -0.1) is 23.7 Å². The third-order valence-corrected chi connectivity index (χ3v) is 6.85. The first-order valence-corrected chi connectivity index (χ1v) is 8.52. The zero-order valence-corrected chi connectivity index (χ0v) is 14.3. The third-order valence-electron chi connectivity index (χ3n) is 3.38. The summed E-state index contributed by atoms with van der Waals surface area (Å²) in [4.78, 5) is 1.04. The topological polar surface area (TPSA) is 72.6 Å². The molecular weight excluding hydrogens is 320 g/mol. The van der Waals surface area contributed by atoms with Gasteiger partial charge in [0.15, 0.2) is 0 Å². The Balaban J connectivity index is 0.00000200. The molecule has 0 aliphatic carbocycles. The summed E-state index contributed by atoms with van der Waals surface area (Å²) >= 11 is 1.32. The largest absolute Gasteiger partial charge is 0.374 e. The van der Waals surface area contributed by atoms with Gasteiger partial charge in [-0.05, 0) is 32.4 Å². The highest BCUT2D eigenvalue weighted by Crippen LogP contribution is 2.28. The number of morpholine rings is 1. The Hall–Kier alpha value is -0.180. The molecule has 1 aliphatic heterocycles. The fourth-order valence-electron chi connectivity index (χ4n) is 1.98. The number of nitrogens with zero attached hydrogens (tertiary/aromatic N) is 1. The molecule has 8 heteroatoms. The quantitative estimate of drug-likeness (QED) is 0.905. The average Bonchev–Trinajstić information content (AvgIpc) is 2.70. The van der Waals surface area contributed by atoms with Crippen LogP contribution in [0.3, 0.4) is 0 Å². The second-order valence-electron chi connectivity index (χ2n) is 4.94. The van der Waals surface area contributed by atoms with Gasteiger partial charge in [0.2, 0.25) is 0 Å². The molecule has 2 atom stereocenters. The minimum absolute atomic E-state index is 0. The first-order chi connectivity index (χ1) is 8.82. The number of sulfonamides is 1. The van der Waals surface area contributed by atoms with Crippen molar-refractivity contribution in [3.05, 3.63) is 16.5 Å². The Morgan fingerprint density at radius 3 is 2.65 bits per heavy atom. The van der Waals surface area contributed by atoms with Crippen LogP contribution in [0.4, 0.5) is 0 Å². The summed E-state index contributed by atoms with van der Waals surface area (Å²) in [5.74, 6) is 0. The van der Waals surface area contributed by atoms with E-state index in [1.54, 1.807) is 6.07 Å². The number of thiophene rings is 1. The molecule has 2 N–H and O–H groups in total. The molecule has 20 heavy (non-hydrogen) atoms. The number of ether oxygens (including phenoxy) is 1. The molecule has 0 spiro atoms. The standard InChI is InChI=1S/C12H20N2O3S2.ClH/c1-8-6-12(18-10(8)3)19(15,16)14-4-5-17-11(7-14)9(2)13;/h6,9,11H,4-5,7,13H2,1-3H3;1H. The van der Waals surface area contributed by atoms with E-state index in [1.807, 2.05) is 20.8 Å². The maximum absolute atomic E-state index is 12.6. The van der Waals surface area contributed by atoms with Crippen LogP contribution in [0.2, 0.25) is 0 Å². The lowest BCUT2D eigenvalue weighted by Gasteiger charge is -2.33. The second-order valence-corrected chi connectivity index (χ2v) is 8.36. The molecular formula is C12H21ClN2O3S2. The highest BCUT2D eigenvalue weighted by molar-refractivity contribution is 7.91. The number of nitrogens with two attached hydrogens (primary N) is 1. The molecule has 0 bridgehead atoms. The van der Waals surface area contributed by atoms with Crippen LogP contribution in [0.5, 0.6) is 0 Å². The first-order valence-electron chi connectivity index (χ1n) is 6.26. The van der Waals surface area contributed by atoms with Gasteiger partial charge in [-0.25, -0.2) is 8.42 Å². The van der Waals surface area contributed by atoms with Crippen LogP contribution >= 0.6 is 23.7 Å². The molecule has 1 aromatic rings. The van der Waals surface area contributed by atoms with E-state index in [9.17, 15) is 8.42 Å². The van der Waals surface area contributed by atoms with Gasteiger partial charge in [-0.2, -0.15) is 4.31 Å². The monoisotopic (exact) mass is 340 g/mol. The lowest BCUT2D eigenvalue weighted by atomic mass is 10.2. The number of halogens is 1. The van der Waals surface area contributed by atoms with Crippen molar-refractivity contribution in [1.82, 2.24) is 4.31 Å². The summed E-state index contributed by atoms with van der Waals surface area (Å²) in [5.41, 5.74) is 6.81. The number of aryl methyl sites for hydroxylation is 2. The van der Waals surface area contributed by atoms with Gasteiger partial charge >= 0.3 is 0 Å². The summed E-state index contributed by atoms with van der Waals surface area (Å²) in [6.07, 6.45) is -0.231. The van der Waals surface area contributed by atoms with Crippen molar-refractivity contribution in [2.45, 2.75) is 37.1 Å². The van der Waals surface area contributed by atoms with Crippen LogP contribution in [0.25, 0.3) is 0 Å². The molecule has 116 valence electrons. The zero-order chi connectivity index (χ0) is 14.2. The Kier molecular flexibility index (Phi) is 6.01. The SMILES string of the molecule is Cc1cc(S(=O)(=O)N2CCOC(C(C)N)C2)sc1C.Cl. The normalized spacial score (nSPS) is 22.3. The van der Waals surface area contributed by atoms with E-state index in [2.05, 4.69) is 0 Å². The van der Waals surface area contributed by atoms with Crippen molar-refractivity contribution in [2.75, 3.05) is 19.7 Å². The summed E-state index contributed by atoms with van der Waals surface area (Å²) in [6.45, 7) is 6.81. The van der Waals surface area contributed by atoms with Gasteiger partial charge in [0.1, 0.15) is 4.21 Å². The Morgan fingerprint density at radius 2 is 2.15 bits per heavy atom. The Labute approximate surface area is 130 Å². The van der Waals surface area contributed by atoms with E-state index in [1.165, 1.54) is 15.6 Å². The van der Waals surface area contributed by atoms with Gasteiger partial charge in [-0.3, -0.25) is 0 Å². The molecule has 1 fully saturated rings. The van der Waals surface area contributed by atoms with Crippen LogP contribution in [0, 0.1) is 13.8 Å². The van der Waals surface area contributed by atoms with Gasteiger partial charge in [0.25, 0.3) is 10.0 Å². The molecule has 2 rings (SSSR count). The van der Waals surface area contributed by atoms with E-state index < -0.39 is 10.0 Å². The van der Waals surface area contributed by atoms with Crippen molar-refractivity contribution in [3.8, 4) is 0 Å². The average molecular weight is 341 g/mol. The predicted molar refractivity (Wildman–Crippen MR) is 83.2 cm³/mol. The van der Waals surface area contributed by atoms with Crippen molar-refractivity contribution < 1.29 is 13.2 Å². The third kappa shape index (κ3) is 3.52. The second kappa shape index (κ2) is 6.72. The van der Waals surface area contributed by atoms with E-state index in [0.717, 1.165) is 10.4 Å². The lowest BCUT2D eigenvalue weighted by Crippen LogP contribution is -2.51. The van der Waals surface area contributed by atoms with E-state index in [4.69, 9.17) is 10.5 Å². The van der Waals surface area contributed by atoms with Crippen LogP contribution in [0.15, 0.2) is 10.3 Å². The maximum Gasteiger partial charge on any atom is 0.252 e. The van der Waals surface area contributed by atoms with Gasteiger partial charge in [0.05, 0.1) is 12.7 Å². The zero-order valence-electron chi connectivity index (χ0n) is 11.8. The number of rotatable bonds is 3. The molecule has 2 heterocycles. The number of hydrogen-bond acceptors (Lipinski definition) is 5. The summed E-state index contributed by atoms with van der Waals surface area (Å²) in [7, 11) is -3.41. The summed E-state index contributed by atoms with van der Waals surface area (Å²) < 4.78 is 32.5. The molecule has 0 saturated carbocycles. The Bertz CT molecular complexity index is 538. The minimum Gasteiger partial charge on any atom is -0.374 e. The molecule has 0 radical (unpaired) electrons. The molecule has 2 unspecified atom stereocenters. The molecule has 5 nitrogen and oxygen atoms in total. The Morgan fingerprint density at radius 1 is 1.50 bits per heavy atom. The molecule has 0 amide bonds. The van der Waals surface area contributed by atoms with Crippen LogP contribution in [-0.2, 0) is 14.8 Å². The van der Waals surface area contributed by atoms with Crippen LogP contribution in [-0.4, -0.2) is 44.6 Å². The van der Waals surface area contributed by atoms with Crippen molar-refractivity contribution in [1.29, 1.82) is 0 Å². The fourth-order valence-corrected chi connectivity index (χ4v) is 5.09. The van der Waals surface area contributed by atoms with Crippen molar-refractivity contribution >= 4 is 33.8 Å². The fraction of sp³-hybridized carbons (Fsp3) is 0.667. The predicted octanol–water partition coefficient (Wildman–Crippen LogP) is 1.52. The first kappa shape index (κ1) is 17.9. The minimum atomic E-state index is -3.41. The van der Waals surface area contributed by atoms with Crippen LogP contribution in [0.1, 0.15) is 17.4 Å². The van der Waals surface area contributed by atoms with E-state index >= 15 is 0 Å². The van der Waals surface area contributed by atoms with Gasteiger partial charge in [-0.1, -0.05) is 0 Å². The lowest BCUT2D eigenvalue weighted by molar-refractivity contribution is -0.0119. The smallest absolute Gasteiger partial charge is 0.252 e. The van der Waals surface area contributed by atoms with Crippen molar-refractivity contribution in [3.63, 3.8) is 0 Å². The molecule has 1 aliphatic rings. The van der Waals surface area contributed by atoms with E-state index in [0.29, 0.717) is 23.9 Å². The highest BCUT2D eigenvalue weighted by atomic mass is 35.5. The van der Waals surface area contributed by atoms with Gasteiger partial charge in [0, 0.05) is 24.0 Å². The maximum atomic E-state index is 12.6. The van der Waals surface area contributed by atoms with Gasteiger partial charge < -0.3 is 10.5 Å². The molecule has 1 saturated heterocycles. The van der Waals surface area contributed by atoms with Crippen LogP contribution < -0.4 is 5.73 Å². The highest BCUT2D eigenvalue weighted by Gasteiger charge is 2.33. The summed E-state index contributed by atoms with van der Waals surface area (Å²) in [6, 6.07) is 1.57. The number of hydrogen-bond donors (Lipinski definition) is 1. The van der Waals surface area contributed by atoms with E-state index in [-0.39, 0.29) is 24.6 Å². The summed E-state index contributed by atoms with van der Waals surface area (Å²) in [5, 5.41) is 0. The molecule has 1 aromatic heterocycles. The molecule has 0 aromatic carbocycles. The van der Waals surface area contributed by atoms with Crippen molar-refractivity contribution in [2.24, 2.45) is 5.73 Å².